The van der Waals surface area contributed by atoms with Crippen molar-refractivity contribution in [2.45, 2.75) is 44.8 Å². The van der Waals surface area contributed by atoms with Gasteiger partial charge in [0.1, 0.15) is 25.3 Å². The highest BCUT2D eigenvalue weighted by atomic mass is 28.3. The maximum absolute atomic E-state index is 6.56. The average Bonchev–Trinajstić information content (AvgIpc) is 3.19. The van der Waals surface area contributed by atoms with E-state index in [2.05, 4.69) is 70.3 Å². The Hall–Kier alpha value is -2.46. The van der Waals surface area contributed by atoms with Crippen LogP contribution in [-0.4, -0.2) is 22.3 Å². The Bertz CT molecular complexity index is 884. The highest BCUT2D eigenvalue weighted by Gasteiger charge is 2.40. The van der Waals surface area contributed by atoms with Crippen molar-refractivity contribution in [2.75, 3.05) is 14.2 Å². The molecule has 0 aliphatic heterocycles. The van der Waals surface area contributed by atoms with Crippen LogP contribution >= 0.6 is 0 Å². The summed E-state index contributed by atoms with van der Waals surface area (Å²) in [6, 6.07) is 20.8. The largest absolute Gasteiger partial charge is 0.497 e. The van der Waals surface area contributed by atoms with Crippen molar-refractivity contribution in [3.63, 3.8) is 0 Å². The van der Waals surface area contributed by atoms with Crippen LogP contribution in [0.3, 0.4) is 0 Å². The molecule has 3 rings (SSSR count). The number of ether oxygens (including phenoxy) is 2. The Kier molecular flexibility index (Phi) is 5.94. The molecule has 0 saturated carbocycles. The highest BCUT2D eigenvalue weighted by molar-refractivity contribution is 6.91. The molecule has 3 nitrogen and oxygen atoms in total. The van der Waals surface area contributed by atoms with Crippen molar-refractivity contribution in [1.82, 2.24) is 0 Å². The Morgan fingerprint density at radius 1 is 0.724 bits per heavy atom. The van der Waals surface area contributed by atoms with Gasteiger partial charge in [-0.2, -0.15) is 0 Å². The fourth-order valence-corrected chi connectivity index (χ4v) is 4.94. The molecule has 0 fully saturated rings. The van der Waals surface area contributed by atoms with Crippen molar-refractivity contribution in [2.24, 2.45) is 0 Å². The van der Waals surface area contributed by atoms with Gasteiger partial charge in [0.2, 0.25) is 0 Å². The summed E-state index contributed by atoms with van der Waals surface area (Å²) in [7, 11) is 1.63. The molecule has 0 amide bonds. The summed E-state index contributed by atoms with van der Waals surface area (Å²) in [5.41, 5.74) is 2.35. The molecule has 154 valence electrons. The molecule has 1 aromatic heterocycles. The van der Waals surface area contributed by atoms with Gasteiger partial charge in [-0.25, -0.2) is 0 Å². The summed E-state index contributed by atoms with van der Waals surface area (Å²) in [5, 5.41) is 1.37. The summed E-state index contributed by atoms with van der Waals surface area (Å²) < 4.78 is 17.2. The lowest BCUT2D eigenvalue weighted by Crippen LogP contribution is -2.48. The number of rotatable bonds is 6. The average molecular weight is 409 g/mol. The lowest BCUT2D eigenvalue weighted by atomic mass is 9.89. The predicted octanol–water partition coefficient (Wildman–Crippen LogP) is 6.19. The fourth-order valence-electron chi connectivity index (χ4n) is 3.33. The van der Waals surface area contributed by atoms with Gasteiger partial charge in [0.05, 0.1) is 25.5 Å². The predicted molar refractivity (Wildman–Crippen MR) is 122 cm³/mol. The lowest BCUT2D eigenvalue weighted by Gasteiger charge is -2.34. The summed E-state index contributed by atoms with van der Waals surface area (Å²) in [6.07, 6.45) is 0. The van der Waals surface area contributed by atoms with E-state index in [9.17, 15) is 0 Å². The maximum atomic E-state index is 6.56. The van der Waals surface area contributed by atoms with Crippen molar-refractivity contribution in [1.29, 1.82) is 0 Å². The molecule has 3 aromatic rings. The van der Waals surface area contributed by atoms with Gasteiger partial charge >= 0.3 is 0 Å². The van der Waals surface area contributed by atoms with Gasteiger partial charge in [-0.3, -0.25) is 0 Å². The fraction of sp³-hybridized carbons (Fsp3) is 0.360. The molecule has 0 unspecified atom stereocenters. The van der Waals surface area contributed by atoms with E-state index in [4.69, 9.17) is 13.9 Å². The molecule has 0 saturated heterocycles. The van der Waals surface area contributed by atoms with Crippen LogP contribution in [0.1, 0.15) is 43.6 Å². The first-order valence-electron chi connectivity index (χ1n) is 10.1. The number of methoxy groups -OCH3 is 2. The standard InChI is InChI=1S/C25H32O3Si/c1-25(2,3)29(6,7)23-17-16-22(28-23)24(18-8-12-20(26-4)13-9-18)19-10-14-21(27-5)15-11-19/h8-17,24H,1-7H3. The third kappa shape index (κ3) is 4.27. The van der Waals surface area contributed by atoms with Gasteiger partial charge in [-0.15, -0.1) is 0 Å². The van der Waals surface area contributed by atoms with Gasteiger partial charge < -0.3 is 13.9 Å². The second kappa shape index (κ2) is 8.11. The topological polar surface area (TPSA) is 31.6 Å². The molecule has 4 heteroatoms. The van der Waals surface area contributed by atoms with Gasteiger partial charge in [0, 0.05) is 0 Å². The van der Waals surface area contributed by atoms with Crippen LogP contribution in [0.5, 0.6) is 11.5 Å². The van der Waals surface area contributed by atoms with Crippen LogP contribution in [0.15, 0.2) is 65.1 Å². The first-order valence-corrected chi connectivity index (χ1v) is 13.1. The quantitative estimate of drug-likeness (QED) is 0.456. The van der Waals surface area contributed by atoms with E-state index in [1.54, 1.807) is 14.2 Å². The van der Waals surface area contributed by atoms with Crippen molar-refractivity contribution < 1.29 is 13.9 Å². The highest BCUT2D eigenvalue weighted by Crippen LogP contribution is 2.38. The number of benzene rings is 2. The second-order valence-corrected chi connectivity index (χ2v) is 14.3. The van der Waals surface area contributed by atoms with Crippen LogP contribution in [0, 0.1) is 0 Å². The van der Waals surface area contributed by atoms with E-state index in [0.29, 0.717) is 0 Å². The SMILES string of the molecule is COc1ccc(C(c2ccc(OC)cc2)c2ccc([Si](C)(C)C(C)(C)C)o2)cc1. The summed E-state index contributed by atoms with van der Waals surface area (Å²) in [4.78, 5) is 0. The van der Waals surface area contributed by atoms with Crippen LogP contribution in [0.2, 0.25) is 18.1 Å². The molecular weight excluding hydrogens is 376 g/mol. The van der Waals surface area contributed by atoms with E-state index in [-0.39, 0.29) is 11.0 Å². The molecular formula is C25H32O3Si. The van der Waals surface area contributed by atoms with E-state index >= 15 is 0 Å². The minimum Gasteiger partial charge on any atom is -0.497 e. The minimum atomic E-state index is -1.74. The van der Waals surface area contributed by atoms with E-state index < -0.39 is 8.07 Å². The number of hydrogen-bond donors (Lipinski definition) is 0. The van der Waals surface area contributed by atoms with Gasteiger partial charge in [0.25, 0.3) is 0 Å². The van der Waals surface area contributed by atoms with Gasteiger partial charge in [-0.05, 0) is 52.6 Å². The molecule has 0 radical (unpaired) electrons. The first kappa shape index (κ1) is 21.3. The first-order chi connectivity index (χ1) is 13.7. The molecule has 0 atom stereocenters. The second-order valence-electron chi connectivity index (χ2n) is 9.06. The molecule has 29 heavy (non-hydrogen) atoms. The number of furan rings is 1. The van der Waals surface area contributed by atoms with Crippen molar-refractivity contribution in [3.05, 3.63) is 77.6 Å². The van der Waals surface area contributed by atoms with Crippen LogP contribution in [0.4, 0.5) is 0 Å². The zero-order valence-electron chi connectivity index (χ0n) is 18.6. The molecule has 0 spiro atoms. The molecule has 0 aliphatic carbocycles. The molecule has 1 heterocycles. The Balaban J connectivity index is 2.08. The molecule has 0 bridgehead atoms. The Morgan fingerprint density at radius 2 is 1.17 bits per heavy atom. The van der Waals surface area contributed by atoms with E-state index in [1.165, 1.54) is 11.1 Å². The summed E-state index contributed by atoms with van der Waals surface area (Å²) in [6.45, 7) is 11.7. The van der Waals surface area contributed by atoms with Crippen molar-refractivity contribution >= 4 is 13.5 Å². The third-order valence-electron chi connectivity index (χ3n) is 6.30. The van der Waals surface area contributed by atoms with Crippen molar-refractivity contribution in [3.8, 4) is 11.5 Å². The van der Waals surface area contributed by atoms with E-state index in [0.717, 1.165) is 22.6 Å². The van der Waals surface area contributed by atoms with E-state index in [1.807, 2.05) is 24.3 Å². The molecule has 0 N–H and O–H groups in total. The Labute approximate surface area is 175 Å². The summed E-state index contributed by atoms with van der Waals surface area (Å²) in [5.74, 6) is 2.69. The Morgan fingerprint density at radius 3 is 1.55 bits per heavy atom. The van der Waals surface area contributed by atoms with Gasteiger partial charge in [0.15, 0.2) is 0 Å². The zero-order valence-corrected chi connectivity index (χ0v) is 19.6. The van der Waals surface area contributed by atoms with Crippen LogP contribution < -0.4 is 14.9 Å². The smallest absolute Gasteiger partial charge is 0.131 e. The summed E-state index contributed by atoms with van der Waals surface area (Å²) >= 11 is 0. The van der Waals surface area contributed by atoms with Crippen LogP contribution in [0.25, 0.3) is 0 Å². The monoisotopic (exact) mass is 408 g/mol. The normalized spacial score (nSPS) is 12.3. The molecule has 0 aliphatic rings. The third-order valence-corrected chi connectivity index (χ3v) is 11.6. The maximum Gasteiger partial charge on any atom is 0.131 e. The number of hydrogen-bond acceptors (Lipinski definition) is 3. The van der Waals surface area contributed by atoms with Crippen LogP contribution in [-0.2, 0) is 0 Å². The molecule has 2 aromatic carbocycles. The zero-order chi connectivity index (χ0) is 21.2. The minimum absolute atomic E-state index is 0.0188. The van der Waals surface area contributed by atoms with Gasteiger partial charge in [-0.1, -0.05) is 58.1 Å². The lowest BCUT2D eigenvalue weighted by molar-refractivity contribution is 0.414.